The first-order chi connectivity index (χ1) is 5.73. The molecule has 0 bridgehead atoms. The summed E-state index contributed by atoms with van der Waals surface area (Å²) >= 11 is 0. The van der Waals surface area contributed by atoms with Gasteiger partial charge in [-0.1, -0.05) is 19.8 Å². The Morgan fingerprint density at radius 3 is 2.67 bits per heavy atom. The van der Waals surface area contributed by atoms with Crippen LogP contribution in [-0.4, -0.2) is 12.6 Å². The second kappa shape index (κ2) is 3.02. The Balaban J connectivity index is 2.08. The third-order valence-electron chi connectivity index (χ3n) is 4.12. The van der Waals surface area contributed by atoms with Gasteiger partial charge in [0.25, 0.3) is 0 Å². The fourth-order valence-electron chi connectivity index (χ4n) is 3.29. The van der Waals surface area contributed by atoms with Gasteiger partial charge in [-0.25, -0.2) is 0 Å². The predicted molar refractivity (Wildman–Crippen MR) is 52.1 cm³/mol. The number of rotatable bonds is 0. The number of nitrogens with one attached hydrogen (secondary N) is 1. The van der Waals surface area contributed by atoms with Crippen molar-refractivity contribution in [1.82, 2.24) is 5.32 Å². The van der Waals surface area contributed by atoms with Crippen LogP contribution in [0.1, 0.15) is 46.0 Å². The molecule has 2 rings (SSSR count). The highest BCUT2D eigenvalue weighted by atomic mass is 15.0. The summed E-state index contributed by atoms with van der Waals surface area (Å²) in [7, 11) is 0. The maximum Gasteiger partial charge on any atom is 0.00957 e. The fourth-order valence-corrected chi connectivity index (χ4v) is 3.29. The zero-order valence-corrected chi connectivity index (χ0v) is 8.40. The first-order valence-electron chi connectivity index (χ1n) is 5.46. The van der Waals surface area contributed by atoms with E-state index >= 15 is 0 Å². The molecular weight excluding hydrogens is 146 g/mol. The molecule has 0 aromatic carbocycles. The maximum absolute atomic E-state index is 3.60. The second-order valence-electron chi connectivity index (χ2n) is 4.99. The van der Waals surface area contributed by atoms with Gasteiger partial charge in [-0.2, -0.15) is 0 Å². The van der Waals surface area contributed by atoms with Crippen LogP contribution in [-0.2, 0) is 0 Å². The standard InChI is InChI=1S/C11H21N/c1-9-4-3-5-11(8-9)6-7-12-10(11)2/h9-10,12H,3-8H2,1-2H3. The smallest absolute Gasteiger partial charge is 0.00957 e. The molecule has 1 saturated carbocycles. The van der Waals surface area contributed by atoms with E-state index in [0.29, 0.717) is 5.41 Å². The van der Waals surface area contributed by atoms with Gasteiger partial charge in [-0.3, -0.25) is 0 Å². The number of hydrogen-bond donors (Lipinski definition) is 1. The summed E-state index contributed by atoms with van der Waals surface area (Å²) < 4.78 is 0. The molecule has 1 nitrogen and oxygen atoms in total. The van der Waals surface area contributed by atoms with Gasteiger partial charge in [-0.05, 0) is 44.1 Å². The molecule has 0 amide bonds. The van der Waals surface area contributed by atoms with Crippen molar-refractivity contribution in [1.29, 1.82) is 0 Å². The molecule has 70 valence electrons. The normalized spacial score (nSPS) is 48.5. The molecule has 1 saturated heterocycles. The molecular formula is C11H21N. The summed E-state index contributed by atoms with van der Waals surface area (Å²) in [4.78, 5) is 0. The molecule has 2 aliphatic rings. The van der Waals surface area contributed by atoms with Crippen LogP contribution in [0.4, 0.5) is 0 Å². The van der Waals surface area contributed by atoms with Gasteiger partial charge >= 0.3 is 0 Å². The van der Waals surface area contributed by atoms with E-state index in [4.69, 9.17) is 0 Å². The highest BCUT2D eigenvalue weighted by Gasteiger charge is 2.42. The van der Waals surface area contributed by atoms with E-state index in [9.17, 15) is 0 Å². The molecule has 1 heteroatoms. The van der Waals surface area contributed by atoms with Crippen molar-refractivity contribution < 1.29 is 0 Å². The highest BCUT2D eigenvalue weighted by molar-refractivity contribution is 4.97. The van der Waals surface area contributed by atoms with E-state index in [0.717, 1.165) is 12.0 Å². The Morgan fingerprint density at radius 2 is 2.08 bits per heavy atom. The van der Waals surface area contributed by atoms with E-state index in [1.807, 2.05) is 0 Å². The van der Waals surface area contributed by atoms with Gasteiger partial charge in [0, 0.05) is 6.04 Å². The van der Waals surface area contributed by atoms with Gasteiger partial charge in [0.2, 0.25) is 0 Å². The Bertz CT molecular complexity index is 166. The summed E-state index contributed by atoms with van der Waals surface area (Å²) in [6, 6.07) is 0.778. The third kappa shape index (κ3) is 1.28. The van der Waals surface area contributed by atoms with Crippen molar-refractivity contribution in [3.63, 3.8) is 0 Å². The molecule has 3 unspecified atom stereocenters. The summed E-state index contributed by atoms with van der Waals surface area (Å²) in [5.74, 6) is 0.973. The quantitative estimate of drug-likeness (QED) is 0.584. The van der Waals surface area contributed by atoms with Crippen molar-refractivity contribution in [2.45, 2.75) is 52.0 Å². The molecule has 1 aliphatic carbocycles. The Labute approximate surface area is 75.9 Å². The molecule has 1 spiro atoms. The lowest BCUT2D eigenvalue weighted by Gasteiger charge is -2.40. The van der Waals surface area contributed by atoms with Crippen LogP contribution in [0, 0.1) is 11.3 Å². The Hall–Kier alpha value is -0.0400. The van der Waals surface area contributed by atoms with Crippen LogP contribution in [0.15, 0.2) is 0 Å². The SMILES string of the molecule is CC1CCCC2(CCNC2C)C1. The van der Waals surface area contributed by atoms with Crippen LogP contribution < -0.4 is 5.32 Å². The van der Waals surface area contributed by atoms with Gasteiger partial charge in [-0.15, -0.1) is 0 Å². The fraction of sp³-hybridized carbons (Fsp3) is 1.00. The monoisotopic (exact) mass is 167 g/mol. The Kier molecular flexibility index (Phi) is 2.16. The van der Waals surface area contributed by atoms with E-state index in [2.05, 4.69) is 19.2 Å². The van der Waals surface area contributed by atoms with E-state index in [1.165, 1.54) is 38.6 Å². The summed E-state index contributed by atoms with van der Waals surface area (Å²) in [5.41, 5.74) is 0.692. The lowest BCUT2D eigenvalue weighted by molar-refractivity contribution is 0.134. The average molecular weight is 167 g/mol. The molecule has 3 atom stereocenters. The van der Waals surface area contributed by atoms with Gasteiger partial charge in [0.05, 0.1) is 0 Å². The first kappa shape index (κ1) is 8.55. The van der Waals surface area contributed by atoms with Crippen molar-refractivity contribution in [3.8, 4) is 0 Å². The molecule has 1 N–H and O–H groups in total. The lowest BCUT2D eigenvalue weighted by atomic mass is 9.66. The van der Waals surface area contributed by atoms with Crippen LogP contribution in [0.3, 0.4) is 0 Å². The predicted octanol–water partition coefficient (Wildman–Crippen LogP) is 2.56. The maximum atomic E-state index is 3.60. The second-order valence-corrected chi connectivity index (χ2v) is 4.99. The van der Waals surface area contributed by atoms with E-state index < -0.39 is 0 Å². The highest BCUT2D eigenvalue weighted by Crippen LogP contribution is 2.46. The first-order valence-corrected chi connectivity index (χ1v) is 5.46. The summed E-state index contributed by atoms with van der Waals surface area (Å²) in [6.07, 6.45) is 7.31. The van der Waals surface area contributed by atoms with Crippen LogP contribution in [0.5, 0.6) is 0 Å². The largest absolute Gasteiger partial charge is 0.314 e. The van der Waals surface area contributed by atoms with Crippen molar-refractivity contribution in [2.75, 3.05) is 6.54 Å². The molecule has 0 aromatic heterocycles. The molecule has 12 heavy (non-hydrogen) atoms. The van der Waals surface area contributed by atoms with Crippen molar-refractivity contribution in [2.24, 2.45) is 11.3 Å². The van der Waals surface area contributed by atoms with Crippen molar-refractivity contribution in [3.05, 3.63) is 0 Å². The minimum absolute atomic E-state index is 0.692. The average Bonchev–Trinajstić information content (AvgIpc) is 2.33. The van der Waals surface area contributed by atoms with Crippen LogP contribution in [0.25, 0.3) is 0 Å². The minimum atomic E-state index is 0.692. The molecule has 0 aromatic rings. The van der Waals surface area contributed by atoms with E-state index in [-0.39, 0.29) is 0 Å². The topological polar surface area (TPSA) is 12.0 Å². The third-order valence-corrected chi connectivity index (χ3v) is 4.12. The molecule has 0 radical (unpaired) electrons. The van der Waals surface area contributed by atoms with E-state index in [1.54, 1.807) is 0 Å². The van der Waals surface area contributed by atoms with Gasteiger partial charge < -0.3 is 5.32 Å². The lowest BCUT2D eigenvalue weighted by Crippen LogP contribution is -2.37. The van der Waals surface area contributed by atoms with Gasteiger partial charge in [0.1, 0.15) is 0 Å². The van der Waals surface area contributed by atoms with Crippen LogP contribution >= 0.6 is 0 Å². The molecule has 1 heterocycles. The zero-order chi connectivity index (χ0) is 8.60. The summed E-state index contributed by atoms with van der Waals surface area (Å²) in [5, 5.41) is 3.60. The number of hydrogen-bond acceptors (Lipinski definition) is 1. The van der Waals surface area contributed by atoms with Crippen LogP contribution in [0.2, 0.25) is 0 Å². The van der Waals surface area contributed by atoms with Gasteiger partial charge in [0.15, 0.2) is 0 Å². The minimum Gasteiger partial charge on any atom is -0.314 e. The zero-order valence-electron chi connectivity index (χ0n) is 8.40. The summed E-state index contributed by atoms with van der Waals surface area (Å²) in [6.45, 7) is 6.06. The Morgan fingerprint density at radius 1 is 1.25 bits per heavy atom. The molecule has 2 fully saturated rings. The molecule has 1 aliphatic heterocycles. The van der Waals surface area contributed by atoms with Crippen molar-refractivity contribution >= 4 is 0 Å².